The lowest BCUT2D eigenvalue weighted by Crippen LogP contribution is -2.63. The Bertz CT molecular complexity index is 2000. The summed E-state index contributed by atoms with van der Waals surface area (Å²) in [5, 5.41) is 8.43. The number of nitrogens with one attached hydrogen (secondary N) is 2. The molecule has 14 heteroatoms. The highest BCUT2D eigenvalue weighted by Gasteiger charge is 2.53. The largest absolute Gasteiger partial charge is 0.496 e. The first-order valence-electron chi connectivity index (χ1n) is 17.9. The number of rotatable bonds is 12. The molecule has 1 unspecified atom stereocenters. The van der Waals surface area contributed by atoms with Gasteiger partial charge in [-0.25, -0.2) is 0 Å². The molecule has 0 amide bonds. The van der Waals surface area contributed by atoms with E-state index in [9.17, 15) is 19.2 Å². The summed E-state index contributed by atoms with van der Waals surface area (Å²) < 4.78 is 68.4. The molecule has 3 heterocycles. The summed E-state index contributed by atoms with van der Waals surface area (Å²) in [5.41, 5.74) is 4.09. The van der Waals surface area contributed by atoms with Gasteiger partial charge in [0.05, 0.1) is 18.5 Å². The van der Waals surface area contributed by atoms with Crippen LogP contribution < -0.4 is 9.47 Å². The Morgan fingerprint density at radius 2 is 1.60 bits per heavy atom. The fraction of sp³-hybridized carbons (Fsp3) is 0.306. The molecule has 2 aromatic heterocycles. The molecule has 1 fully saturated rings. The number of esters is 4. The molecule has 1 aliphatic heterocycles. The molecular weight excluding hydrogens is 650 g/mol. The highest BCUT2D eigenvalue weighted by Crippen LogP contribution is 2.33. The first kappa shape index (κ1) is 30.2. The van der Waals surface area contributed by atoms with Crippen molar-refractivity contribution in [2.45, 2.75) is 58.3 Å². The Morgan fingerprint density at radius 1 is 0.840 bits per heavy atom. The fourth-order valence-corrected chi connectivity index (χ4v) is 5.23. The van der Waals surface area contributed by atoms with Gasteiger partial charge in [-0.1, -0.05) is 18.2 Å². The van der Waals surface area contributed by atoms with E-state index in [-0.39, 0.29) is 5.75 Å². The molecule has 262 valence electrons. The minimum atomic E-state index is -1.69. The van der Waals surface area contributed by atoms with E-state index in [2.05, 4.69) is 15.2 Å². The van der Waals surface area contributed by atoms with E-state index >= 15 is 0 Å². The maximum Gasteiger partial charge on any atom is 0.303 e. The Balaban J connectivity index is 1.37. The van der Waals surface area contributed by atoms with Crippen molar-refractivity contribution in [2.75, 3.05) is 13.7 Å². The van der Waals surface area contributed by atoms with Crippen LogP contribution in [0.3, 0.4) is 0 Å². The number of carbonyl (C=O) groups excluding carboxylic acids is 4. The first-order valence-corrected chi connectivity index (χ1v) is 15.0. The predicted molar refractivity (Wildman–Crippen MR) is 180 cm³/mol. The number of hydrogen-bond donors (Lipinski definition) is 2. The van der Waals surface area contributed by atoms with Gasteiger partial charge in [0.1, 0.15) is 24.2 Å². The van der Waals surface area contributed by atoms with E-state index in [1.54, 1.807) is 24.3 Å². The quantitative estimate of drug-likeness (QED) is 0.155. The van der Waals surface area contributed by atoms with Crippen LogP contribution in [0.5, 0.6) is 11.5 Å². The average molecular weight is 692 g/mol. The molecular formula is C36H37N3O11. The maximum atomic E-state index is 12.4. The van der Waals surface area contributed by atoms with Crippen molar-refractivity contribution in [1.82, 2.24) is 15.2 Å². The number of aromatic amines is 2. The van der Waals surface area contributed by atoms with Crippen molar-refractivity contribution in [2.24, 2.45) is 0 Å². The van der Waals surface area contributed by atoms with E-state index in [1.165, 1.54) is 13.2 Å². The van der Waals surface area contributed by atoms with Crippen LogP contribution in [0.15, 0.2) is 54.7 Å². The smallest absolute Gasteiger partial charge is 0.303 e. The summed E-state index contributed by atoms with van der Waals surface area (Å²) in [4.78, 5) is 52.1. The zero-order valence-corrected chi connectivity index (χ0v) is 26.9. The van der Waals surface area contributed by atoms with Crippen LogP contribution >= 0.6 is 0 Å². The predicted octanol–water partition coefficient (Wildman–Crippen LogP) is 4.70. The molecule has 50 heavy (non-hydrogen) atoms. The molecule has 0 aliphatic carbocycles. The van der Waals surface area contributed by atoms with E-state index in [0.717, 1.165) is 16.5 Å². The van der Waals surface area contributed by atoms with Gasteiger partial charge in [-0.15, -0.1) is 0 Å². The zero-order valence-electron chi connectivity index (χ0n) is 30.9. The van der Waals surface area contributed by atoms with Gasteiger partial charge >= 0.3 is 23.9 Å². The second kappa shape index (κ2) is 16.0. The molecule has 0 saturated carbocycles. The summed E-state index contributed by atoms with van der Waals surface area (Å²) >= 11 is 0. The van der Waals surface area contributed by atoms with Crippen LogP contribution in [-0.4, -0.2) is 83.5 Å². The number of methoxy groups -OCH3 is 1. The Morgan fingerprint density at radius 3 is 2.36 bits per heavy atom. The summed E-state index contributed by atoms with van der Waals surface area (Å²) in [5.74, 6) is -3.76. The van der Waals surface area contributed by atoms with E-state index in [1.807, 2.05) is 48.7 Å². The molecule has 14 nitrogen and oxygen atoms in total. The highest BCUT2D eigenvalue weighted by molar-refractivity contribution is 5.83. The van der Waals surface area contributed by atoms with Crippen molar-refractivity contribution in [3.8, 4) is 11.5 Å². The van der Waals surface area contributed by atoms with Gasteiger partial charge in [-0.2, -0.15) is 5.10 Å². The van der Waals surface area contributed by atoms with Crippen LogP contribution in [-0.2, 0) is 42.9 Å². The standard InChI is InChI=1S/C36H37N3O11/c1-20(40)45-19-32-33(46-21(2)41)34(47-22(3)42)35(48-23(4)43)36(50-32)49-29-13-10-26(31(18-29)44-5)9-12-28-17-27(38-39-28)11-7-24-6-8-25-14-15-37-30(25)16-24/h6-18,32-37H,19H2,1-5H3,(H,38,39)/b11-7+,12-9+/t32-,33-,34+,35-,36?/m1/s1/i1D,2D,3D,4D. The van der Waals surface area contributed by atoms with Crippen molar-refractivity contribution in [3.63, 3.8) is 0 Å². The topological polar surface area (TPSA) is 177 Å². The van der Waals surface area contributed by atoms with Crippen LogP contribution in [0.4, 0.5) is 0 Å². The van der Waals surface area contributed by atoms with Gasteiger partial charge in [0.15, 0.2) is 12.2 Å². The number of benzene rings is 2. The monoisotopic (exact) mass is 691 g/mol. The summed E-state index contributed by atoms with van der Waals surface area (Å²) in [6.45, 7) is -3.93. The molecule has 1 aliphatic rings. The SMILES string of the molecule is [2H]CC(=O)OC[C@H]1OC(Oc2ccc(/C=C/c3cc(/C=C/c4ccc5cc[nH]c5c4)n[nH]3)c(OC)c2)[C@H](OC(=O)C[2H])[C@@H](OC(=O)C[2H])[C@@H]1OC(=O)C[2H]. The van der Waals surface area contributed by atoms with E-state index in [4.69, 9.17) is 38.6 Å². The third-order valence-electron chi connectivity index (χ3n) is 7.35. The molecule has 4 aromatic rings. The lowest BCUT2D eigenvalue weighted by atomic mass is 9.98. The molecule has 5 rings (SSSR count). The van der Waals surface area contributed by atoms with E-state index < -0.39 is 88.8 Å². The lowest BCUT2D eigenvalue weighted by Gasteiger charge is -2.43. The van der Waals surface area contributed by atoms with Gasteiger partial charge in [0, 0.05) is 56.4 Å². The fourth-order valence-electron chi connectivity index (χ4n) is 5.23. The Labute approximate surface area is 292 Å². The van der Waals surface area contributed by atoms with Gasteiger partial charge in [-0.3, -0.25) is 24.3 Å². The molecule has 2 aromatic carbocycles. The number of H-pyrrole nitrogens is 2. The Hall–Kier alpha value is -5.89. The van der Waals surface area contributed by atoms with E-state index in [0.29, 0.717) is 22.7 Å². The average Bonchev–Trinajstić information content (AvgIpc) is 3.86. The van der Waals surface area contributed by atoms with Crippen LogP contribution in [0.1, 0.15) is 55.6 Å². The minimum absolute atomic E-state index is 0.112. The third kappa shape index (κ3) is 9.17. The minimum Gasteiger partial charge on any atom is -0.496 e. The molecule has 0 bridgehead atoms. The highest BCUT2D eigenvalue weighted by atomic mass is 16.7. The zero-order chi connectivity index (χ0) is 38.6. The Kier molecular flexibility index (Phi) is 9.66. The van der Waals surface area contributed by atoms with Gasteiger partial charge in [0.25, 0.3) is 0 Å². The van der Waals surface area contributed by atoms with Crippen molar-refractivity contribution < 1.29 is 57.8 Å². The van der Waals surface area contributed by atoms with Gasteiger partial charge < -0.3 is 38.1 Å². The third-order valence-corrected chi connectivity index (χ3v) is 7.35. The van der Waals surface area contributed by atoms with Crippen molar-refractivity contribution in [3.05, 3.63) is 77.2 Å². The van der Waals surface area contributed by atoms with Gasteiger partial charge in [0.2, 0.25) is 12.4 Å². The molecule has 5 atom stereocenters. The van der Waals surface area contributed by atoms with Crippen LogP contribution in [0.25, 0.3) is 35.2 Å². The summed E-state index contributed by atoms with van der Waals surface area (Å²) in [7, 11) is 1.44. The normalized spacial score (nSPS) is 21.5. The lowest BCUT2D eigenvalue weighted by molar-refractivity contribution is -0.288. The van der Waals surface area contributed by atoms with Crippen molar-refractivity contribution >= 4 is 59.1 Å². The van der Waals surface area contributed by atoms with Crippen LogP contribution in [0, 0.1) is 0 Å². The van der Waals surface area contributed by atoms with Crippen molar-refractivity contribution in [1.29, 1.82) is 0 Å². The second-order valence-electron chi connectivity index (χ2n) is 10.9. The number of fused-ring (bicyclic) bond motifs is 1. The summed E-state index contributed by atoms with van der Waals surface area (Å²) in [6.07, 6.45) is 1.28. The molecule has 0 radical (unpaired) electrons. The number of ether oxygens (including phenoxy) is 7. The molecule has 2 N–H and O–H groups in total. The second-order valence-corrected chi connectivity index (χ2v) is 10.9. The number of hydrogen-bond acceptors (Lipinski definition) is 12. The molecule has 0 spiro atoms. The number of aromatic nitrogens is 3. The molecule has 1 saturated heterocycles. The maximum absolute atomic E-state index is 12.4. The first-order chi connectivity index (χ1) is 26.1. The number of nitrogens with zero attached hydrogens (tertiary/aromatic N) is 1. The summed E-state index contributed by atoms with van der Waals surface area (Å²) in [6, 6.07) is 14.7. The number of carbonyl (C=O) groups is 4. The van der Waals surface area contributed by atoms with Crippen LogP contribution in [0.2, 0.25) is 0 Å². The van der Waals surface area contributed by atoms with Gasteiger partial charge in [-0.05, 0) is 59.5 Å².